The smallest absolute Gasteiger partial charge is 0.335 e. The summed E-state index contributed by atoms with van der Waals surface area (Å²) in [4.78, 5) is 51.2. The zero-order chi connectivity index (χ0) is 25.7. The van der Waals surface area contributed by atoms with Crippen molar-refractivity contribution >= 4 is 52.8 Å². The van der Waals surface area contributed by atoms with Gasteiger partial charge in [-0.25, -0.2) is 9.69 Å². The molecule has 2 N–H and O–H groups in total. The molecule has 0 atom stereocenters. The molecule has 0 unspecified atom stereocenters. The molecular weight excluding hydrogens is 486 g/mol. The van der Waals surface area contributed by atoms with Gasteiger partial charge < -0.3 is 14.8 Å². The number of para-hydroxylation sites is 1. The monoisotopic (exact) mass is 505 g/mol. The van der Waals surface area contributed by atoms with E-state index in [1.807, 2.05) is 0 Å². The van der Waals surface area contributed by atoms with Crippen LogP contribution in [0.25, 0.3) is 6.08 Å². The van der Waals surface area contributed by atoms with E-state index in [9.17, 15) is 19.2 Å². The molecule has 1 fully saturated rings. The maximum absolute atomic E-state index is 13.1. The number of carbonyl (C=O) groups is 4. The van der Waals surface area contributed by atoms with Crippen molar-refractivity contribution < 1.29 is 28.7 Å². The number of urea groups is 1. The molecule has 9 nitrogen and oxygen atoms in total. The number of hydrogen-bond donors (Lipinski definition) is 2. The van der Waals surface area contributed by atoms with Crippen LogP contribution in [0.1, 0.15) is 5.56 Å². The molecule has 1 aliphatic rings. The van der Waals surface area contributed by atoms with E-state index in [0.717, 1.165) is 4.90 Å². The lowest BCUT2D eigenvalue weighted by atomic mass is 10.1. The summed E-state index contributed by atoms with van der Waals surface area (Å²) in [7, 11) is 1.55. The number of nitrogens with zero attached hydrogens (tertiary/aromatic N) is 1. The van der Waals surface area contributed by atoms with Crippen molar-refractivity contribution in [1.29, 1.82) is 0 Å². The van der Waals surface area contributed by atoms with Crippen LogP contribution in [-0.2, 0) is 14.4 Å². The summed E-state index contributed by atoms with van der Waals surface area (Å²) in [6.07, 6.45) is 1.30. The van der Waals surface area contributed by atoms with E-state index < -0.39 is 23.8 Å². The Morgan fingerprint density at radius 1 is 1.03 bits per heavy atom. The number of amides is 5. The van der Waals surface area contributed by atoms with E-state index in [2.05, 4.69) is 10.6 Å². The molecule has 0 bridgehead atoms. The zero-order valence-corrected chi connectivity index (χ0v) is 19.7. The summed E-state index contributed by atoms with van der Waals surface area (Å²) in [5.74, 6) is -1.16. The summed E-state index contributed by atoms with van der Waals surface area (Å²) in [5.41, 5.74) is 0.861. The summed E-state index contributed by atoms with van der Waals surface area (Å²) in [5, 5.41) is 5.18. The third-order valence-corrected chi connectivity index (χ3v) is 5.35. The van der Waals surface area contributed by atoms with Crippen LogP contribution in [0.15, 0.2) is 78.4 Å². The predicted molar refractivity (Wildman–Crippen MR) is 134 cm³/mol. The molecule has 5 amide bonds. The first-order chi connectivity index (χ1) is 17.4. The first-order valence-electron chi connectivity index (χ1n) is 10.7. The van der Waals surface area contributed by atoms with Gasteiger partial charge in [0.05, 0.1) is 12.8 Å². The summed E-state index contributed by atoms with van der Waals surface area (Å²) in [6.45, 7) is -0.320. The molecule has 0 aliphatic carbocycles. The Balaban J connectivity index is 1.52. The molecule has 0 spiro atoms. The quantitative estimate of drug-likeness (QED) is 0.370. The average Bonchev–Trinajstić information content (AvgIpc) is 2.86. The molecular formula is C26H20ClN3O6. The van der Waals surface area contributed by atoms with Crippen molar-refractivity contribution in [1.82, 2.24) is 5.32 Å². The van der Waals surface area contributed by atoms with Crippen LogP contribution < -0.4 is 25.0 Å². The molecule has 3 aromatic rings. The highest BCUT2D eigenvalue weighted by atomic mass is 35.5. The Hall–Kier alpha value is -4.63. The van der Waals surface area contributed by atoms with E-state index in [-0.39, 0.29) is 23.6 Å². The number of imide groups is 2. The highest BCUT2D eigenvalue weighted by Gasteiger charge is 2.37. The van der Waals surface area contributed by atoms with Crippen molar-refractivity contribution in [3.05, 3.63) is 89.0 Å². The number of methoxy groups -OCH3 is 1. The highest BCUT2D eigenvalue weighted by molar-refractivity contribution is 6.39. The van der Waals surface area contributed by atoms with Gasteiger partial charge in [0.1, 0.15) is 17.1 Å². The van der Waals surface area contributed by atoms with Crippen LogP contribution in [0.4, 0.5) is 16.2 Å². The number of barbiturate groups is 1. The van der Waals surface area contributed by atoms with Crippen molar-refractivity contribution in [2.45, 2.75) is 0 Å². The number of benzene rings is 3. The summed E-state index contributed by atoms with van der Waals surface area (Å²) >= 11 is 5.99. The van der Waals surface area contributed by atoms with E-state index in [0.29, 0.717) is 22.0 Å². The largest absolute Gasteiger partial charge is 0.497 e. The molecule has 10 heteroatoms. The molecule has 182 valence electrons. The highest BCUT2D eigenvalue weighted by Crippen LogP contribution is 2.27. The standard InChI is InChI=1S/C26H20ClN3O6/c1-35-20-11-9-18(10-12-20)28-23(31)15-36-22-8-3-2-5-16(22)13-21-24(32)29-26(34)30(25(21)33)19-7-4-6-17(27)14-19/h2-14H,15H2,1H3,(H,28,31)(H,29,32,34)/b21-13+. The summed E-state index contributed by atoms with van der Waals surface area (Å²) in [6, 6.07) is 18.6. The van der Waals surface area contributed by atoms with Crippen LogP contribution >= 0.6 is 11.6 Å². The minimum Gasteiger partial charge on any atom is -0.497 e. The Morgan fingerprint density at radius 2 is 1.78 bits per heavy atom. The van der Waals surface area contributed by atoms with Gasteiger partial charge in [0, 0.05) is 16.3 Å². The number of carbonyl (C=O) groups excluding carboxylic acids is 4. The molecule has 3 aromatic carbocycles. The second-order valence-corrected chi connectivity index (χ2v) is 7.98. The fourth-order valence-electron chi connectivity index (χ4n) is 3.41. The van der Waals surface area contributed by atoms with Crippen LogP contribution in [-0.4, -0.2) is 37.5 Å². The maximum atomic E-state index is 13.1. The fourth-order valence-corrected chi connectivity index (χ4v) is 3.59. The molecule has 1 heterocycles. The SMILES string of the molecule is COc1ccc(NC(=O)COc2ccccc2/C=C2\C(=O)NC(=O)N(c3cccc(Cl)c3)C2=O)cc1. The van der Waals surface area contributed by atoms with Gasteiger partial charge in [0.2, 0.25) is 0 Å². The van der Waals surface area contributed by atoms with Gasteiger partial charge in [-0.05, 0) is 54.6 Å². The zero-order valence-electron chi connectivity index (χ0n) is 19.0. The van der Waals surface area contributed by atoms with Gasteiger partial charge >= 0.3 is 6.03 Å². The Labute approximate surface area is 211 Å². The first-order valence-corrected chi connectivity index (χ1v) is 11.1. The first kappa shape index (κ1) is 24.5. The number of anilines is 2. The molecule has 0 saturated carbocycles. The van der Waals surface area contributed by atoms with Gasteiger partial charge in [0.15, 0.2) is 6.61 Å². The van der Waals surface area contributed by atoms with Gasteiger partial charge in [-0.2, -0.15) is 0 Å². The van der Waals surface area contributed by atoms with Crippen molar-refractivity contribution in [3.8, 4) is 11.5 Å². The Bertz CT molecular complexity index is 1370. The number of hydrogen-bond acceptors (Lipinski definition) is 6. The lowest BCUT2D eigenvalue weighted by Gasteiger charge is -2.26. The Kier molecular flexibility index (Phi) is 7.31. The van der Waals surface area contributed by atoms with Gasteiger partial charge in [-0.3, -0.25) is 19.7 Å². The van der Waals surface area contributed by atoms with Gasteiger partial charge in [0.25, 0.3) is 17.7 Å². The number of ether oxygens (including phenoxy) is 2. The average molecular weight is 506 g/mol. The van der Waals surface area contributed by atoms with E-state index >= 15 is 0 Å². The molecule has 0 aromatic heterocycles. The Morgan fingerprint density at radius 3 is 2.50 bits per heavy atom. The van der Waals surface area contributed by atoms with Gasteiger partial charge in [-0.1, -0.05) is 35.9 Å². The number of rotatable bonds is 7. The van der Waals surface area contributed by atoms with Crippen molar-refractivity contribution in [3.63, 3.8) is 0 Å². The molecule has 36 heavy (non-hydrogen) atoms. The third-order valence-electron chi connectivity index (χ3n) is 5.12. The number of nitrogens with one attached hydrogen (secondary N) is 2. The van der Waals surface area contributed by atoms with Crippen LogP contribution in [0.3, 0.4) is 0 Å². The fraction of sp³-hybridized carbons (Fsp3) is 0.0769. The minimum atomic E-state index is -0.885. The van der Waals surface area contributed by atoms with Crippen LogP contribution in [0, 0.1) is 0 Å². The maximum Gasteiger partial charge on any atom is 0.335 e. The minimum absolute atomic E-state index is 0.211. The lowest BCUT2D eigenvalue weighted by molar-refractivity contribution is -0.122. The van der Waals surface area contributed by atoms with Crippen LogP contribution in [0.5, 0.6) is 11.5 Å². The number of halogens is 1. The second kappa shape index (κ2) is 10.7. The molecule has 1 saturated heterocycles. The normalized spacial score (nSPS) is 14.4. The van der Waals surface area contributed by atoms with E-state index in [1.165, 1.54) is 18.2 Å². The molecule has 4 rings (SSSR count). The topological polar surface area (TPSA) is 114 Å². The van der Waals surface area contributed by atoms with E-state index in [4.69, 9.17) is 21.1 Å². The van der Waals surface area contributed by atoms with Crippen molar-refractivity contribution in [2.75, 3.05) is 23.9 Å². The van der Waals surface area contributed by atoms with Gasteiger partial charge in [-0.15, -0.1) is 0 Å². The third kappa shape index (κ3) is 5.53. The summed E-state index contributed by atoms with van der Waals surface area (Å²) < 4.78 is 10.7. The predicted octanol–water partition coefficient (Wildman–Crippen LogP) is 4.03. The van der Waals surface area contributed by atoms with Crippen LogP contribution in [0.2, 0.25) is 5.02 Å². The molecule has 1 aliphatic heterocycles. The second-order valence-electron chi connectivity index (χ2n) is 7.54. The van der Waals surface area contributed by atoms with E-state index in [1.54, 1.807) is 67.8 Å². The lowest BCUT2D eigenvalue weighted by Crippen LogP contribution is -2.54. The molecule has 0 radical (unpaired) electrons. The van der Waals surface area contributed by atoms with Crippen molar-refractivity contribution in [2.24, 2.45) is 0 Å².